The van der Waals surface area contributed by atoms with Crippen LogP contribution in [0.4, 0.5) is 0 Å². The van der Waals surface area contributed by atoms with Gasteiger partial charge in [-0.15, -0.1) is 0 Å². The van der Waals surface area contributed by atoms with Gasteiger partial charge in [0.1, 0.15) is 0 Å². The minimum absolute atomic E-state index is 0.105. The highest BCUT2D eigenvalue weighted by molar-refractivity contribution is 5.95. The third kappa shape index (κ3) is 2.59. The zero-order valence-electron chi connectivity index (χ0n) is 9.60. The van der Waals surface area contributed by atoms with Crippen LogP contribution >= 0.6 is 0 Å². The summed E-state index contributed by atoms with van der Waals surface area (Å²) < 4.78 is 0. The van der Waals surface area contributed by atoms with Crippen molar-refractivity contribution >= 4 is 11.9 Å². The Morgan fingerprint density at radius 3 is 1.94 bits per heavy atom. The van der Waals surface area contributed by atoms with Crippen molar-refractivity contribution in [1.29, 1.82) is 0 Å². The van der Waals surface area contributed by atoms with Crippen LogP contribution in [-0.4, -0.2) is 35.0 Å². The van der Waals surface area contributed by atoms with E-state index in [4.69, 9.17) is 5.11 Å². The number of aromatic carboxylic acids is 1. The van der Waals surface area contributed by atoms with Crippen LogP contribution in [0.2, 0.25) is 0 Å². The van der Waals surface area contributed by atoms with Crippen molar-refractivity contribution in [1.82, 2.24) is 4.90 Å². The Labute approximate surface area is 94.5 Å². The van der Waals surface area contributed by atoms with Crippen LogP contribution in [0.25, 0.3) is 0 Å². The molecule has 16 heavy (non-hydrogen) atoms. The molecule has 0 aromatic heterocycles. The maximum Gasteiger partial charge on any atom is 0.335 e. The zero-order valence-corrected chi connectivity index (χ0v) is 9.60. The molecule has 0 saturated heterocycles. The van der Waals surface area contributed by atoms with Gasteiger partial charge in [0.05, 0.1) is 5.56 Å². The number of nitrogens with zero attached hydrogens (tertiary/aromatic N) is 1. The third-order valence-electron chi connectivity index (χ3n) is 2.47. The SMILES string of the molecule is CC(C)N(C)C(=O)c1ccc(C(=O)O)cc1. The summed E-state index contributed by atoms with van der Waals surface area (Å²) in [6, 6.07) is 6.05. The van der Waals surface area contributed by atoms with Crippen molar-refractivity contribution in [3.8, 4) is 0 Å². The van der Waals surface area contributed by atoms with Gasteiger partial charge in [-0.3, -0.25) is 4.79 Å². The molecule has 0 bridgehead atoms. The van der Waals surface area contributed by atoms with Crippen molar-refractivity contribution in [3.63, 3.8) is 0 Å². The Bertz CT molecular complexity index is 395. The van der Waals surface area contributed by atoms with Crippen molar-refractivity contribution in [2.45, 2.75) is 19.9 Å². The molecule has 0 spiro atoms. The van der Waals surface area contributed by atoms with Crippen LogP contribution in [0.15, 0.2) is 24.3 Å². The first-order chi connectivity index (χ1) is 7.43. The highest BCUT2D eigenvalue weighted by Crippen LogP contribution is 2.08. The van der Waals surface area contributed by atoms with Gasteiger partial charge in [0.25, 0.3) is 5.91 Å². The Morgan fingerprint density at radius 1 is 1.12 bits per heavy atom. The molecule has 0 aliphatic carbocycles. The van der Waals surface area contributed by atoms with E-state index in [1.165, 1.54) is 24.3 Å². The molecule has 1 N–H and O–H groups in total. The maximum atomic E-state index is 11.8. The summed E-state index contributed by atoms with van der Waals surface area (Å²) in [5, 5.41) is 8.72. The van der Waals surface area contributed by atoms with E-state index in [-0.39, 0.29) is 17.5 Å². The molecule has 0 aliphatic rings. The van der Waals surface area contributed by atoms with Gasteiger partial charge in [-0.05, 0) is 38.1 Å². The molecule has 0 fully saturated rings. The summed E-state index contributed by atoms with van der Waals surface area (Å²) in [5.74, 6) is -1.09. The minimum Gasteiger partial charge on any atom is -0.478 e. The smallest absolute Gasteiger partial charge is 0.335 e. The summed E-state index contributed by atoms with van der Waals surface area (Å²) in [7, 11) is 1.72. The highest BCUT2D eigenvalue weighted by atomic mass is 16.4. The molecule has 0 aliphatic heterocycles. The third-order valence-corrected chi connectivity index (χ3v) is 2.47. The van der Waals surface area contributed by atoms with Gasteiger partial charge in [-0.25, -0.2) is 4.79 Å². The monoisotopic (exact) mass is 221 g/mol. The number of benzene rings is 1. The van der Waals surface area contributed by atoms with Crippen molar-refractivity contribution in [2.24, 2.45) is 0 Å². The normalized spacial score (nSPS) is 10.2. The lowest BCUT2D eigenvalue weighted by molar-refractivity contribution is 0.0693. The van der Waals surface area contributed by atoms with Crippen LogP contribution in [-0.2, 0) is 0 Å². The fourth-order valence-corrected chi connectivity index (χ4v) is 1.19. The topological polar surface area (TPSA) is 57.6 Å². The Morgan fingerprint density at radius 2 is 1.56 bits per heavy atom. The van der Waals surface area contributed by atoms with E-state index in [2.05, 4.69) is 0 Å². The number of rotatable bonds is 3. The quantitative estimate of drug-likeness (QED) is 0.847. The summed E-state index contributed by atoms with van der Waals surface area (Å²) in [4.78, 5) is 24.1. The molecule has 0 radical (unpaired) electrons. The molecular weight excluding hydrogens is 206 g/mol. The minimum atomic E-state index is -0.990. The Balaban J connectivity index is 2.90. The standard InChI is InChI=1S/C12H15NO3/c1-8(2)13(3)11(14)9-4-6-10(7-5-9)12(15)16/h4-8H,1-3H3,(H,15,16). The van der Waals surface area contributed by atoms with E-state index in [9.17, 15) is 9.59 Å². The molecule has 4 heteroatoms. The number of hydrogen-bond donors (Lipinski definition) is 1. The molecular formula is C12H15NO3. The first kappa shape index (κ1) is 12.2. The first-order valence-electron chi connectivity index (χ1n) is 5.04. The molecule has 1 rings (SSSR count). The van der Waals surface area contributed by atoms with E-state index in [0.29, 0.717) is 5.56 Å². The lowest BCUT2D eigenvalue weighted by Gasteiger charge is -2.21. The molecule has 1 aromatic carbocycles. The van der Waals surface area contributed by atoms with Gasteiger partial charge < -0.3 is 10.0 Å². The van der Waals surface area contributed by atoms with Gasteiger partial charge in [-0.2, -0.15) is 0 Å². The summed E-state index contributed by atoms with van der Waals surface area (Å²) in [6.45, 7) is 3.84. The summed E-state index contributed by atoms with van der Waals surface area (Å²) >= 11 is 0. The first-order valence-corrected chi connectivity index (χ1v) is 5.04. The van der Waals surface area contributed by atoms with Crippen molar-refractivity contribution in [3.05, 3.63) is 35.4 Å². The lowest BCUT2D eigenvalue weighted by Crippen LogP contribution is -2.32. The van der Waals surface area contributed by atoms with Crippen LogP contribution in [0, 0.1) is 0 Å². The Hall–Kier alpha value is -1.84. The number of hydrogen-bond acceptors (Lipinski definition) is 2. The van der Waals surface area contributed by atoms with Crippen molar-refractivity contribution in [2.75, 3.05) is 7.05 Å². The lowest BCUT2D eigenvalue weighted by atomic mass is 10.1. The van der Waals surface area contributed by atoms with Gasteiger partial charge in [0.2, 0.25) is 0 Å². The van der Waals surface area contributed by atoms with E-state index in [1.54, 1.807) is 11.9 Å². The van der Waals surface area contributed by atoms with Gasteiger partial charge in [-0.1, -0.05) is 0 Å². The fraction of sp³-hybridized carbons (Fsp3) is 0.333. The molecule has 0 unspecified atom stereocenters. The number of carboxylic acid groups (broad SMARTS) is 1. The molecule has 0 atom stereocenters. The number of carboxylic acids is 1. The predicted octanol–water partition coefficient (Wildman–Crippen LogP) is 1.87. The van der Waals surface area contributed by atoms with E-state index in [1.807, 2.05) is 13.8 Å². The zero-order chi connectivity index (χ0) is 12.3. The predicted molar refractivity (Wildman–Crippen MR) is 60.6 cm³/mol. The highest BCUT2D eigenvalue weighted by Gasteiger charge is 2.14. The molecule has 4 nitrogen and oxygen atoms in total. The van der Waals surface area contributed by atoms with Gasteiger partial charge in [0.15, 0.2) is 0 Å². The average Bonchev–Trinajstić information content (AvgIpc) is 2.27. The fourth-order valence-electron chi connectivity index (χ4n) is 1.19. The second-order valence-electron chi connectivity index (χ2n) is 3.89. The van der Waals surface area contributed by atoms with Crippen LogP contribution in [0.5, 0.6) is 0 Å². The van der Waals surface area contributed by atoms with Gasteiger partial charge in [0, 0.05) is 18.7 Å². The number of amides is 1. The summed E-state index contributed by atoms with van der Waals surface area (Å²) in [6.07, 6.45) is 0. The second-order valence-corrected chi connectivity index (χ2v) is 3.89. The molecule has 0 heterocycles. The molecule has 1 aromatic rings. The largest absolute Gasteiger partial charge is 0.478 e. The number of carbonyl (C=O) groups excluding carboxylic acids is 1. The molecule has 0 saturated carbocycles. The number of carbonyl (C=O) groups is 2. The molecule has 86 valence electrons. The van der Waals surface area contributed by atoms with Crippen LogP contribution in [0.1, 0.15) is 34.6 Å². The van der Waals surface area contributed by atoms with Gasteiger partial charge >= 0.3 is 5.97 Å². The van der Waals surface area contributed by atoms with Crippen molar-refractivity contribution < 1.29 is 14.7 Å². The maximum absolute atomic E-state index is 11.8. The molecule has 1 amide bonds. The van der Waals surface area contributed by atoms with E-state index >= 15 is 0 Å². The summed E-state index contributed by atoms with van der Waals surface area (Å²) in [5.41, 5.74) is 0.685. The second kappa shape index (κ2) is 4.79. The average molecular weight is 221 g/mol. The van der Waals surface area contributed by atoms with E-state index < -0.39 is 5.97 Å². The van der Waals surface area contributed by atoms with E-state index in [0.717, 1.165) is 0 Å². The van der Waals surface area contributed by atoms with Crippen LogP contribution < -0.4 is 0 Å². The van der Waals surface area contributed by atoms with Crippen LogP contribution in [0.3, 0.4) is 0 Å². The Kier molecular flexibility index (Phi) is 3.66.